The first-order chi connectivity index (χ1) is 13.5. The van der Waals surface area contributed by atoms with Crippen molar-refractivity contribution in [2.75, 3.05) is 18.6 Å². The zero-order valence-corrected chi connectivity index (χ0v) is 18.4. The number of anilines is 1. The summed E-state index contributed by atoms with van der Waals surface area (Å²) in [7, 11) is 1.67. The Balaban J connectivity index is 2.05. The number of benzene rings is 1. The van der Waals surface area contributed by atoms with Gasteiger partial charge >= 0.3 is 0 Å². The predicted molar refractivity (Wildman–Crippen MR) is 115 cm³/mol. The van der Waals surface area contributed by atoms with E-state index in [4.69, 9.17) is 9.72 Å². The van der Waals surface area contributed by atoms with E-state index in [2.05, 4.69) is 41.4 Å². The second-order valence-corrected chi connectivity index (χ2v) is 7.83. The fourth-order valence-electron chi connectivity index (χ4n) is 2.79. The van der Waals surface area contributed by atoms with Gasteiger partial charge in [0.05, 0.1) is 7.11 Å². The summed E-state index contributed by atoms with van der Waals surface area (Å²) in [6.07, 6.45) is 3.04. The van der Waals surface area contributed by atoms with Crippen LogP contribution in [0.25, 0.3) is 0 Å². The molecule has 2 unspecified atom stereocenters. The monoisotopic (exact) mass is 404 g/mol. The summed E-state index contributed by atoms with van der Waals surface area (Å²) >= 11 is 1.40. The third-order valence-electron chi connectivity index (χ3n) is 4.92. The van der Waals surface area contributed by atoms with Gasteiger partial charge in [-0.2, -0.15) is 4.37 Å². The molecule has 2 rings (SSSR count). The van der Waals surface area contributed by atoms with Gasteiger partial charge in [0.15, 0.2) is 0 Å². The van der Waals surface area contributed by atoms with Gasteiger partial charge in [-0.05, 0) is 44.4 Å². The maximum Gasteiger partial charge on any atom is 0.221 e. The number of ether oxygens (including phenoxy) is 1. The average molecular weight is 405 g/mol. The Bertz CT molecular complexity index is 750. The van der Waals surface area contributed by atoms with Crippen LogP contribution < -0.4 is 15.0 Å². The molecule has 0 saturated carbocycles. The molecule has 0 radical (unpaired) electrons. The second kappa shape index (κ2) is 11.0. The fourth-order valence-corrected chi connectivity index (χ4v) is 3.61. The number of hydrogen-bond donors (Lipinski definition) is 1. The molecule has 1 amide bonds. The summed E-state index contributed by atoms with van der Waals surface area (Å²) in [5.41, 5.74) is 1.12. The van der Waals surface area contributed by atoms with Gasteiger partial charge < -0.3 is 15.0 Å². The SMILES string of the molecule is CCC(C)NC(=O)CCN(c1nc(Cc2cccc(OC)c2)ns1)C(C)CC. The molecular formula is C21H32N4O2S. The number of carbonyl (C=O) groups excluding carboxylic acids is 1. The molecule has 1 N–H and O–H groups in total. The van der Waals surface area contributed by atoms with Crippen LogP contribution in [-0.4, -0.2) is 41.0 Å². The van der Waals surface area contributed by atoms with Crippen molar-refractivity contribution in [1.29, 1.82) is 0 Å². The highest BCUT2D eigenvalue weighted by atomic mass is 32.1. The van der Waals surface area contributed by atoms with Crippen molar-refractivity contribution >= 4 is 22.6 Å². The minimum Gasteiger partial charge on any atom is -0.497 e. The summed E-state index contributed by atoms with van der Waals surface area (Å²) in [5.74, 6) is 1.72. The van der Waals surface area contributed by atoms with Crippen LogP contribution in [0.2, 0.25) is 0 Å². The van der Waals surface area contributed by atoms with E-state index in [-0.39, 0.29) is 11.9 Å². The lowest BCUT2D eigenvalue weighted by atomic mass is 10.1. The van der Waals surface area contributed by atoms with E-state index in [1.807, 2.05) is 25.1 Å². The first-order valence-corrected chi connectivity index (χ1v) is 10.8. The molecular weight excluding hydrogens is 372 g/mol. The molecule has 0 spiro atoms. The Morgan fingerprint density at radius 3 is 2.75 bits per heavy atom. The lowest BCUT2D eigenvalue weighted by molar-refractivity contribution is -0.121. The smallest absolute Gasteiger partial charge is 0.221 e. The molecule has 1 aromatic carbocycles. The number of amides is 1. The Kier molecular flexibility index (Phi) is 8.70. The van der Waals surface area contributed by atoms with Crippen molar-refractivity contribution < 1.29 is 9.53 Å². The van der Waals surface area contributed by atoms with Crippen molar-refractivity contribution in [1.82, 2.24) is 14.7 Å². The number of aromatic nitrogens is 2. The third-order valence-corrected chi connectivity index (χ3v) is 5.71. The zero-order chi connectivity index (χ0) is 20.5. The van der Waals surface area contributed by atoms with Crippen LogP contribution in [0, 0.1) is 0 Å². The molecule has 154 valence electrons. The molecule has 0 bridgehead atoms. The molecule has 0 fully saturated rings. The van der Waals surface area contributed by atoms with Crippen LogP contribution in [-0.2, 0) is 11.2 Å². The molecule has 7 heteroatoms. The van der Waals surface area contributed by atoms with E-state index in [0.29, 0.717) is 25.4 Å². The van der Waals surface area contributed by atoms with Gasteiger partial charge in [0.25, 0.3) is 0 Å². The second-order valence-electron chi connectivity index (χ2n) is 7.10. The van der Waals surface area contributed by atoms with Crippen LogP contribution in [0.4, 0.5) is 5.13 Å². The fraction of sp³-hybridized carbons (Fsp3) is 0.571. The van der Waals surface area contributed by atoms with Crippen LogP contribution >= 0.6 is 11.5 Å². The van der Waals surface area contributed by atoms with Crippen molar-refractivity contribution in [3.63, 3.8) is 0 Å². The molecule has 0 aliphatic rings. The lowest BCUT2D eigenvalue weighted by Crippen LogP contribution is -2.38. The largest absolute Gasteiger partial charge is 0.497 e. The topological polar surface area (TPSA) is 67.4 Å². The molecule has 0 aliphatic carbocycles. The van der Waals surface area contributed by atoms with Crippen LogP contribution in [0.3, 0.4) is 0 Å². The van der Waals surface area contributed by atoms with Crippen LogP contribution in [0.5, 0.6) is 5.75 Å². The van der Waals surface area contributed by atoms with Gasteiger partial charge in [0.1, 0.15) is 11.6 Å². The van der Waals surface area contributed by atoms with E-state index in [9.17, 15) is 4.79 Å². The molecule has 1 aromatic heterocycles. The van der Waals surface area contributed by atoms with Gasteiger partial charge in [0.2, 0.25) is 11.0 Å². The normalized spacial score (nSPS) is 13.0. The van der Waals surface area contributed by atoms with E-state index >= 15 is 0 Å². The van der Waals surface area contributed by atoms with E-state index in [1.54, 1.807) is 7.11 Å². The standard InChI is InChI=1S/C21H32N4O2S/c1-6-15(3)22-20(26)11-12-25(16(4)7-2)21-23-19(24-28-21)14-17-9-8-10-18(13-17)27-5/h8-10,13,15-16H,6-7,11-12,14H2,1-5H3,(H,22,26). The Hall–Kier alpha value is -2.15. The van der Waals surface area contributed by atoms with Gasteiger partial charge in [-0.3, -0.25) is 4.79 Å². The number of carbonyl (C=O) groups is 1. The van der Waals surface area contributed by atoms with Crippen LogP contribution in [0.15, 0.2) is 24.3 Å². The van der Waals surface area contributed by atoms with Crippen molar-refractivity contribution in [2.24, 2.45) is 0 Å². The Labute approximate surface area is 172 Å². The van der Waals surface area contributed by atoms with Crippen molar-refractivity contribution in [3.8, 4) is 5.75 Å². The molecule has 2 atom stereocenters. The summed E-state index contributed by atoms with van der Waals surface area (Å²) in [4.78, 5) is 19.1. The summed E-state index contributed by atoms with van der Waals surface area (Å²) in [6, 6.07) is 8.47. The highest BCUT2D eigenvalue weighted by Crippen LogP contribution is 2.23. The number of nitrogens with zero attached hydrogens (tertiary/aromatic N) is 3. The van der Waals surface area contributed by atoms with Crippen molar-refractivity contribution in [2.45, 2.75) is 65.5 Å². The highest BCUT2D eigenvalue weighted by molar-refractivity contribution is 7.09. The molecule has 1 heterocycles. The molecule has 0 aliphatic heterocycles. The molecule has 0 saturated heterocycles. The Morgan fingerprint density at radius 2 is 2.07 bits per heavy atom. The summed E-state index contributed by atoms with van der Waals surface area (Å²) in [5, 5.41) is 3.91. The van der Waals surface area contributed by atoms with Gasteiger partial charge in [-0.25, -0.2) is 4.98 Å². The lowest BCUT2D eigenvalue weighted by Gasteiger charge is -2.27. The summed E-state index contributed by atoms with van der Waals surface area (Å²) in [6.45, 7) is 9.05. The first-order valence-electron chi connectivity index (χ1n) is 9.98. The van der Waals surface area contributed by atoms with Crippen LogP contribution in [0.1, 0.15) is 58.3 Å². The van der Waals surface area contributed by atoms with Gasteiger partial charge in [0, 0.05) is 43.0 Å². The predicted octanol–water partition coefficient (Wildman–Crippen LogP) is 4.05. The molecule has 2 aromatic rings. The quantitative estimate of drug-likeness (QED) is 0.612. The third kappa shape index (κ3) is 6.48. The number of nitrogens with one attached hydrogen (secondary N) is 1. The number of methoxy groups -OCH3 is 1. The van der Waals surface area contributed by atoms with E-state index in [1.165, 1.54) is 11.5 Å². The van der Waals surface area contributed by atoms with Gasteiger partial charge in [-0.15, -0.1) is 0 Å². The maximum absolute atomic E-state index is 12.2. The minimum absolute atomic E-state index is 0.0868. The maximum atomic E-state index is 12.2. The molecule has 6 nitrogen and oxygen atoms in total. The molecule has 28 heavy (non-hydrogen) atoms. The Morgan fingerprint density at radius 1 is 1.29 bits per heavy atom. The first kappa shape index (κ1) is 22.1. The average Bonchev–Trinajstić information content (AvgIpc) is 3.15. The highest BCUT2D eigenvalue weighted by Gasteiger charge is 2.19. The minimum atomic E-state index is 0.0868. The number of rotatable bonds is 11. The summed E-state index contributed by atoms with van der Waals surface area (Å²) < 4.78 is 9.83. The van der Waals surface area contributed by atoms with Crippen molar-refractivity contribution in [3.05, 3.63) is 35.7 Å². The number of hydrogen-bond acceptors (Lipinski definition) is 6. The van der Waals surface area contributed by atoms with E-state index < -0.39 is 0 Å². The van der Waals surface area contributed by atoms with Gasteiger partial charge in [-0.1, -0.05) is 26.0 Å². The van der Waals surface area contributed by atoms with E-state index in [0.717, 1.165) is 35.1 Å². The zero-order valence-electron chi connectivity index (χ0n) is 17.6.